The minimum atomic E-state index is -0.737. The standard InChI is InChI=1S/C19H17NO/c20-18(21)19(17-9-5-2-6-10-17)13-11-16(12-14-19)15-7-3-1-4-8-15/h1-13H,14H2,(H2,20,21). The molecular formula is C19H17NO. The van der Waals surface area contributed by atoms with Crippen LogP contribution in [0.5, 0.6) is 0 Å². The number of amides is 1. The molecule has 0 aromatic heterocycles. The van der Waals surface area contributed by atoms with Gasteiger partial charge in [-0.1, -0.05) is 78.9 Å². The number of carbonyl (C=O) groups excluding carboxylic acids is 1. The van der Waals surface area contributed by atoms with Gasteiger partial charge >= 0.3 is 0 Å². The number of hydrogen-bond acceptors (Lipinski definition) is 1. The molecule has 2 nitrogen and oxygen atoms in total. The van der Waals surface area contributed by atoms with Gasteiger partial charge in [0.2, 0.25) is 5.91 Å². The molecule has 1 atom stereocenters. The van der Waals surface area contributed by atoms with Crippen molar-refractivity contribution in [2.45, 2.75) is 11.8 Å². The van der Waals surface area contributed by atoms with Gasteiger partial charge in [0.15, 0.2) is 0 Å². The number of allylic oxidation sites excluding steroid dienone is 3. The summed E-state index contributed by atoms with van der Waals surface area (Å²) in [5.74, 6) is -0.312. The summed E-state index contributed by atoms with van der Waals surface area (Å²) in [4.78, 5) is 12.1. The Kier molecular flexibility index (Phi) is 3.44. The van der Waals surface area contributed by atoms with Crippen LogP contribution < -0.4 is 5.73 Å². The Bertz CT molecular complexity index is 701. The average molecular weight is 275 g/mol. The number of hydrogen-bond donors (Lipinski definition) is 1. The third-order valence-corrected chi connectivity index (χ3v) is 4.03. The van der Waals surface area contributed by atoms with E-state index in [4.69, 9.17) is 5.73 Å². The van der Waals surface area contributed by atoms with E-state index in [9.17, 15) is 4.79 Å². The first-order valence-electron chi connectivity index (χ1n) is 7.03. The fourth-order valence-electron chi connectivity index (χ4n) is 2.76. The van der Waals surface area contributed by atoms with Crippen LogP contribution >= 0.6 is 0 Å². The van der Waals surface area contributed by atoms with Crippen molar-refractivity contribution in [2.24, 2.45) is 5.73 Å². The summed E-state index contributed by atoms with van der Waals surface area (Å²) in [7, 11) is 0. The van der Waals surface area contributed by atoms with E-state index in [-0.39, 0.29) is 5.91 Å². The van der Waals surface area contributed by atoms with Gasteiger partial charge in [0, 0.05) is 0 Å². The minimum Gasteiger partial charge on any atom is -0.369 e. The van der Waals surface area contributed by atoms with Gasteiger partial charge in [-0.25, -0.2) is 0 Å². The summed E-state index contributed by atoms with van der Waals surface area (Å²) in [5.41, 5.74) is 8.18. The number of benzene rings is 2. The Morgan fingerprint density at radius 3 is 2.10 bits per heavy atom. The monoisotopic (exact) mass is 275 g/mol. The highest BCUT2D eigenvalue weighted by molar-refractivity contribution is 5.92. The van der Waals surface area contributed by atoms with Crippen molar-refractivity contribution in [3.05, 3.63) is 90.0 Å². The second kappa shape index (κ2) is 5.41. The zero-order chi connectivity index (χ0) is 14.7. The van der Waals surface area contributed by atoms with Crippen molar-refractivity contribution in [3.8, 4) is 0 Å². The van der Waals surface area contributed by atoms with Gasteiger partial charge in [-0.3, -0.25) is 4.79 Å². The first-order chi connectivity index (χ1) is 10.2. The summed E-state index contributed by atoms with van der Waals surface area (Å²) in [6.07, 6.45) is 6.61. The topological polar surface area (TPSA) is 43.1 Å². The van der Waals surface area contributed by atoms with Crippen LogP contribution in [0.1, 0.15) is 17.5 Å². The molecule has 0 aliphatic heterocycles. The molecule has 2 aromatic carbocycles. The second-order valence-electron chi connectivity index (χ2n) is 5.26. The third-order valence-electron chi connectivity index (χ3n) is 4.03. The van der Waals surface area contributed by atoms with Crippen molar-refractivity contribution >= 4 is 11.5 Å². The van der Waals surface area contributed by atoms with E-state index in [1.807, 2.05) is 60.7 Å². The molecular weight excluding hydrogens is 258 g/mol. The van der Waals surface area contributed by atoms with Gasteiger partial charge in [-0.15, -0.1) is 0 Å². The van der Waals surface area contributed by atoms with Crippen LogP contribution in [0.3, 0.4) is 0 Å². The van der Waals surface area contributed by atoms with E-state index in [2.05, 4.69) is 18.2 Å². The maximum atomic E-state index is 12.1. The van der Waals surface area contributed by atoms with Crippen LogP contribution in [-0.2, 0) is 10.2 Å². The molecule has 104 valence electrons. The molecule has 0 radical (unpaired) electrons. The van der Waals surface area contributed by atoms with Crippen molar-refractivity contribution in [2.75, 3.05) is 0 Å². The van der Waals surface area contributed by atoms with Crippen molar-refractivity contribution < 1.29 is 4.79 Å². The first-order valence-corrected chi connectivity index (χ1v) is 7.03. The highest BCUT2D eigenvalue weighted by Crippen LogP contribution is 2.36. The predicted octanol–water partition coefficient (Wildman–Crippen LogP) is 3.45. The molecule has 1 unspecified atom stereocenters. The molecule has 0 spiro atoms. The molecule has 0 saturated heterocycles. The lowest BCUT2D eigenvalue weighted by molar-refractivity contribution is -0.121. The average Bonchev–Trinajstić information content (AvgIpc) is 2.56. The van der Waals surface area contributed by atoms with Gasteiger partial charge in [0.25, 0.3) is 0 Å². The molecule has 0 heterocycles. The Hall–Kier alpha value is -2.61. The highest BCUT2D eigenvalue weighted by Gasteiger charge is 2.36. The lowest BCUT2D eigenvalue weighted by Crippen LogP contribution is -2.40. The number of primary amides is 1. The molecule has 0 bridgehead atoms. The zero-order valence-electron chi connectivity index (χ0n) is 11.7. The number of nitrogens with two attached hydrogens (primary N) is 1. The summed E-state index contributed by atoms with van der Waals surface area (Å²) in [5, 5.41) is 0. The van der Waals surface area contributed by atoms with Crippen LogP contribution in [0.15, 0.2) is 78.9 Å². The van der Waals surface area contributed by atoms with E-state index in [1.165, 1.54) is 0 Å². The number of carbonyl (C=O) groups is 1. The molecule has 2 heteroatoms. The lowest BCUT2D eigenvalue weighted by atomic mass is 9.73. The van der Waals surface area contributed by atoms with Gasteiger partial charge in [-0.05, 0) is 23.1 Å². The summed E-state index contributed by atoms with van der Waals surface area (Å²) in [6, 6.07) is 19.9. The quantitative estimate of drug-likeness (QED) is 0.916. The SMILES string of the molecule is NC(=O)C1(c2ccccc2)C=CC(c2ccccc2)=CC1. The van der Waals surface area contributed by atoms with E-state index in [0.29, 0.717) is 6.42 Å². The zero-order valence-corrected chi connectivity index (χ0v) is 11.7. The first kappa shape index (κ1) is 13.4. The van der Waals surface area contributed by atoms with Crippen LogP contribution in [0.25, 0.3) is 5.57 Å². The van der Waals surface area contributed by atoms with E-state index in [1.54, 1.807) is 0 Å². The van der Waals surface area contributed by atoms with Gasteiger partial charge in [0.1, 0.15) is 0 Å². The van der Waals surface area contributed by atoms with Crippen LogP contribution in [0.2, 0.25) is 0 Å². The summed E-state index contributed by atoms with van der Waals surface area (Å²) >= 11 is 0. The maximum Gasteiger partial charge on any atom is 0.232 e. The lowest BCUT2D eigenvalue weighted by Gasteiger charge is -2.29. The minimum absolute atomic E-state index is 0.312. The third kappa shape index (κ3) is 2.40. The Balaban J connectivity index is 1.97. The molecule has 0 saturated carbocycles. The molecule has 1 amide bonds. The maximum absolute atomic E-state index is 12.1. The second-order valence-corrected chi connectivity index (χ2v) is 5.26. The molecule has 2 N–H and O–H groups in total. The molecule has 21 heavy (non-hydrogen) atoms. The molecule has 2 aromatic rings. The molecule has 1 aliphatic rings. The van der Waals surface area contributed by atoms with Crippen LogP contribution in [0.4, 0.5) is 0 Å². The summed E-state index contributed by atoms with van der Waals surface area (Å²) in [6.45, 7) is 0. The normalized spacial score (nSPS) is 20.9. The van der Waals surface area contributed by atoms with E-state index >= 15 is 0 Å². The van der Waals surface area contributed by atoms with E-state index < -0.39 is 5.41 Å². The Morgan fingerprint density at radius 1 is 0.952 bits per heavy atom. The molecule has 1 aliphatic carbocycles. The van der Waals surface area contributed by atoms with Gasteiger partial charge in [-0.2, -0.15) is 0 Å². The van der Waals surface area contributed by atoms with E-state index in [0.717, 1.165) is 16.7 Å². The number of rotatable bonds is 3. The molecule has 0 fully saturated rings. The van der Waals surface area contributed by atoms with Crippen LogP contribution in [-0.4, -0.2) is 5.91 Å². The fraction of sp³-hybridized carbons (Fsp3) is 0.105. The van der Waals surface area contributed by atoms with Crippen LogP contribution in [0, 0.1) is 0 Å². The predicted molar refractivity (Wildman–Crippen MR) is 85.5 cm³/mol. The van der Waals surface area contributed by atoms with Crippen molar-refractivity contribution in [1.82, 2.24) is 0 Å². The Labute approximate surface area is 124 Å². The van der Waals surface area contributed by atoms with Gasteiger partial charge < -0.3 is 5.73 Å². The molecule has 3 rings (SSSR count). The Morgan fingerprint density at radius 2 is 1.57 bits per heavy atom. The highest BCUT2D eigenvalue weighted by atomic mass is 16.1. The van der Waals surface area contributed by atoms with Crippen molar-refractivity contribution in [1.29, 1.82) is 0 Å². The summed E-state index contributed by atoms with van der Waals surface area (Å²) < 4.78 is 0. The smallest absolute Gasteiger partial charge is 0.232 e. The van der Waals surface area contributed by atoms with Crippen molar-refractivity contribution in [3.63, 3.8) is 0 Å². The fourth-order valence-corrected chi connectivity index (χ4v) is 2.76. The van der Waals surface area contributed by atoms with Gasteiger partial charge in [0.05, 0.1) is 5.41 Å². The largest absolute Gasteiger partial charge is 0.369 e.